The smallest absolute Gasteiger partial charge is 0.216 e. The van der Waals surface area contributed by atoms with Gasteiger partial charge in [0.1, 0.15) is 11.5 Å². The first kappa shape index (κ1) is 17.8. The number of nitrogens with zero attached hydrogens (tertiary/aromatic N) is 5. The summed E-state index contributed by atoms with van der Waals surface area (Å²) in [6.07, 6.45) is 6.09. The third-order valence-corrected chi connectivity index (χ3v) is 4.40. The van der Waals surface area contributed by atoms with E-state index in [1.54, 1.807) is 27.5 Å². The van der Waals surface area contributed by atoms with Gasteiger partial charge < -0.3 is 5.32 Å². The van der Waals surface area contributed by atoms with Crippen LogP contribution < -0.4 is 5.32 Å². The Morgan fingerprint density at radius 2 is 1.93 bits per heavy atom. The highest BCUT2D eigenvalue weighted by Crippen LogP contribution is 2.32. The van der Waals surface area contributed by atoms with Crippen LogP contribution in [0.15, 0.2) is 48.9 Å². The Morgan fingerprint density at radius 3 is 2.68 bits per heavy atom. The average Bonchev–Trinajstić information content (AvgIpc) is 3.25. The van der Waals surface area contributed by atoms with E-state index in [0.717, 1.165) is 28.1 Å². The number of benzene rings is 1. The molecule has 0 aliphatic heterocycles. The largest absolute Gasteiger partial charge is 0.356 e. The number of fused-ring (bicyclic) bond motifs is 1. The van der Waals surface area contributed by atoms with Crippen LogP contribution in [0.4, 0.5) is 4.39 Å². The lowest BCUT2D eigenvalue weighted by atomic mass is 10.0. The Morgan fingerprint density at radius 1 is 1.14 bits per heavy atom. The lowest BCUT2D eigenvalue weighted by Crippen LogP contribution is -2.22. The molecule has 0 bridgehead atoms. The standard InChI is InChI=1S/C20H19FN6O/c1-13(28)22-9-7-16-11-27-20(24-16)17(8-10-23-27)18-12-26(2)25-19(18)14-3-5-15(21)6-4-14/h3-6,8,10-12H,7,9H2,1-2H3,(H,22,28). The van der Waals surface area contributed by atoms with Crippen LogP contribution in [0.2, 0.25) is 0 Å². The third-order valence-electron chi connectivity index (χ3n) is 4.40. The summed E-state index contributed by atoms with van der Waals surface area (Å²) in [6.45, 7) is 2.00. The van der Waals surface area contributed by atoms with E-state index in [2.05, 4.69) is 15.5 Å². The van der Waals surface area contributed by atoms with Gasteiger partial charge >= 0.3 is 0 Å². The van der Waals surface area contributed by atoms with E-state index in [1.165, 1.54) is 19.1 Å². The van der Waals surface area contributed by atoms with Crippen LogP contribution in [0.5, 0.6) is 0 Å². The van der Waals surface area contributed by atoms with Crippen molar-refractivity contribution in [3.8, 4) is 22.4 Å². The fourth-order valence-electron chi connectivity index (χ4n) is 3.15. The summed E-state index contributed by atoms with van der Waals surface area (Å²) in [7, 11) is 1.85. The molecule has 1 amide bonds. The van der Waals surface area contributed by atoms with Crippen LogP contribution in [0.25, 0.3) is 28.0 Å². The van der Waals surface area contributed by atoms with Gasteiger partial charge in [-0.05, 0) is 30.3 Å². The van der Waals surface area contributed by atoms with Crippen LogP contribution in [0.1, 0.15) is 12.6 Å². The maximum absolute atomic E-state index is 13.3. The van der Waals surface area contributed by atoms with Gasteiger partial charge in [0.2, 0.25) is 5.91 Å². The molecule has 0 spiro atoms. The number of carbonyl (C=O) groups is 1. The van der Waals surface area contributed by atoms with Crippen LogP contribution in [0.3, 0.4) is 0 Å². The second kappa shape index (κ2) is 7.22. The average molecular weight is 378 g/mol. The molecule has 4 aromatic rings. The number of nitrogens with one attached hydrogen (secondary N) is 1. The Bertz CT molecular complexity index is 1150. The van der Waals surface area contributed by atoms with E-state index < -0.39 is 0 Å². The highest BCUT2D eigenvalue weighted by atomic mass is 19.1. The van der Waals surface area contributed by atoms with Crippen LogP contribution in [0, 0.1) is 5.82 Å². The highest BCUT2D eigenvalue weighted by Gasteiger charge is 2.17. The molecule has 142 valence electrons. The zero-order chi connectivity index (χ0) is 19.7. The molecule has 1 aromatic carbocycles. The van der Waals surface area contributed by atoms with E-state index in [9.17, 15) is 9.18 Å². The summed E-state index contributed by atoms with van der Waals surface area (Å²) in [4.78, 5) is 15.8. The predicted molar refractivity (Wildman–Crippen MR) is 103 cm³/mol. The molecule has 0 saturated carbocycles. The Balaban J connectivity index is 1.76. The van der Waals surface area contributed by atoms with Gasteiger partial charge in [0.05, 0.1) is 11.9 Å². The quantitative estimate of drug-likeness (QED) is 0.579. The minimum atomic E-state index is -0.287. The Labute approximate surface area is 160 Å². The summed E-state index contributed by atoms with van der Waals surface area (Å²) in [5.74, 6) is -0.355. The minimum Gasteiger partial charge on any atom is -0.356 e. The molecule has 0 aliphatic carbocycles. The number of halogens is 1. The molecule has 28 heavy (non-hydrogen) atoms. The normalized spacial score (nSPS) is 11.1. The van der Waals surface area contributed by atoms with Gasteiger partial charge in [0.25, 0.3) is 0 Å². The molecule has 0 fully saturated rings. The van der Waals surface area contributed by atoms with Crippen molar-refractivity contribution in [1.82, 2.24) is 29.7 Å². The van der Waals surface area contributed by atoms with Crippen LogP contribution >= 0.6 is 0 Å². The molecule has 0 saturated heterocycles. The molecule has 1 N–H and O–H groups in total. The van der Waals surface area contributed by atoms with Crippen molar-refractivity contribution in [1.29, 1.82) is 0 Å². The zero-order valence-corrected chi connectivity index (χ0v) is 15.6. The summed E-state index contributed by atoms with van der Waals surface area (Å²) >= 11 is 0. The van der Waals surface area contributed by atoms with Gasteiger partial charge in [-0.3, -0.25) is 9.48 Å². The Hall–Kier alpha value is -3.55. The molecule has 0 radical (unpaired) electrons. The molecule has 0 unspecified atom stereocenters. The Kier molecular flexibility index (Phi) is 4.60. The SMILES string of the molecule is CC(=O)NCCc1cn2nccc(-c3cn(C)nc3-c3ccc(F)cc3)c2n1. The first-order valence-corrected chi connectivity index (χ1v) is 8.89. The van der Waals surface area contributed by atoms with E-state index in [0.29, 0.717) is 18.6 Å². The zero-order valence-electron chi connectivity index (χ0n) is 15.6. The lowest BCUT2D eigenvalue weighted by Gasteiger charge is -2.04. The van der Waals surface area contributed by atoms with E-state index in [1.807, 2.05) is 25.5 Å². The topological polar surface area (TPSA) is 77.1 Å². The van der Waals surface area contributed by atoms with E-state index in [4.69, 9.17) is 4.98 Å². The van der Waals surface area contributed by atoms with Crippen molar-refractivity contribution < 1.29 is 9.18 Å². The molecular weight excluding hydrogens is 359 g/mol. The molecule has 0 atom stereocenters. The number of carbonyl (C=O) groups excluding carboxylic acids is 1. The molecule has 0 aliphatic rings. The fraction of sp³-hybridized carbons (Fsp3) is 0.200. The van der Waals surface area contributed by atoms with Crippen LogP contribution in [-0.2, 0) is 18.3 Å². The maximum atomic E-state index is 13.3. The van der Waals surface area contributed by atoms with Gasteiger partial charge in [0, 0.05) is 56.0 Å². The molecule has 3 aromatic heterocycles. The van der Waals surface area contributed by atoms with Gasteiger partial charge in [-0.25, -0.2) is 13.9 Å². The van der Waals surface area contributed by atoms with Crippen molar-refractivity contribution in [3.63, 3.8) is 0 Å². The number of aryl methyl sites for hydroxylation is 1. The van der Waals surface area contributed by atoms with Crippen LogP contribution in [-0.4, -0.2) is 36.8 Å². The molecule has 4 rings (SSSR count). The molecule has 7 nitrogen and oxygen atoms in total. The van der Waals surface area contributed by atoms with Gasteiger partial charge in [-0.2, -0.15) is 10.2 Å². The third kappa shape index (κ3) is 3.48. The first-order chi connectivity index (χ1) is 13.5. The fourth-order valence-corrected chi connectivity index (χ4v) is 3.15. The number of aromatic nitrogens is 5. The van der Waals surface area contributed by atoms with Crippen molar-refractivity contribution in [2.45, 2.75) is 13.3 Å². The summed E-state index contributed by atoms with van der Waals surface area (Å²) in [6, 6.07) is 8.16. The van der Waals surface area contributed by atoms with Crippen molar-refractivity contribution in [3.05, 3.63) is 60.4 Å². The monoisotopic (exact) mass is 378 g/mol. The van der Waals surface area contributed by atoms with E-state index in [-0.39, 0.29) is 11.7 Å². The van der Waals surface area contributed by atoms with Crippen molar-refractivity contribution in [2.24, 2.45) is 7.05 Å². The molecule has 3 heterocycles. The number of hydrogen-bond acceptors (Lipinski definition) is 4. The number of hydrogen-bond donors (Lipinski definition) is 1. The summed E-state index contributed by atoms with van der Waals surface area (Å²) in [5.41, 5.74) is 4.88. The number of rotatable bonds is 5. The second-order valence-corrected chi connectivity index (χ2v) is 6.55. The van der Waals surface area contributed by atoms with Crippen molar-refractivity contribution >= 4 is 11.6 Å². The lowest BCUT2D eigenvalue weighted by molar-refractivity contribution is -0.118. The second-order valence-electron chi connectivity index (χ2n) is 6.55. The number of imidazole rings is 1. The van der Waals surface area contributed by atoms with Gasteiger partial charge in [-0.1, -0.05) is 0 Å². The predicted octanol–water partition coefficient (Wildman–Crippen LogP) is 2.61. The number of amides is 1. The summed E-state index contributed by atoms with van der Waals surface area (Å²) < 4.78 is 16.8. The molecular formula is C20H19FN6O. The summed E-state index contributed by atoms with van der Waals surface area (Å²) in [5, 5.41) is 11.7. The van der Waals surface area contributed by atoms with Gasteiger partial charge in [-0.15, -0.1) is 0 Å². The van der Waals surface area contributed by atoms with Crippen molar-refractivity contribution in [2.75, 3.05) is 6.54 Å². The van der Waals surface area contributed by atoms with Gasteiger partial charge in [0.15, 0.2) is 5.65 Å². The molecule has 8 heteroatoms. The first-order valence-electron chi connectivity index (χ1n) is 8.89. The van der Waals surface area contributed by atoms with E-state index >= 15 is 0 Å². The highest BCUT2D eigenvalue weighted by molar-refractivity contribution is 5.87. The minimum absolute atomic E-state index is 0.0677. The maximum Gasteiger partial charge on any atom is 0.216 e.